The number of pyridine rings is 2. The number of ether oxygens (including phenoxy) is 1. The number of carbonyl (C=O) groups is 1. The van der Waals surface area contributed by atoms with Crippen molar-refractivity contribution < 1.29 is 9.53 Å². The minimum atomic E-state index is 0.125. The molecule has 0 saturated carbocycles. The zero-order valence-corrected chi connectivity index (χ0v) is 17.1. The minimum Gasteiger partial charge on any atom is -0.494 e. The van der Waals surface area contributed by atoms with Crippen LogP contribution in [0.15, 0.2) is 36.7 Å². The molecule has 8 heteroatoms. The zero-order valence-electron chi connectivity index (χ0n) is 17.1. The fraction of sp³-hybridized carbons (Fsp3) is 0.409. The van der Waals surface area contributed by atoms with Crippen LogP contribution in [-0.2, 0) is 4.79 Å². The second-order valence-electron chi connectivity index (χ2n) is 7.84. The summed E-state index contributed by atoms with van der Waals surface area (Å²) < 4.78 is 7.54. The van der Waals surface area contributed by atoms with Crippen LogP contribution in [0.25, 0.3) is 17.0 Å². The molecule has 0 aromatic carbocycles. The maximum Gasteiger partial charge on any atom is 0.227 e. The lowest BCUT2D eigenvalue weighted by molar-refractivity contribution is -0.117. The van der Waals surface area contributed by atoms with Crippen molar-refractivity contribution >= 4 is 23.1 Å². The number of aromatic nitrogens is 3. The standard InChI is InChI=1S/C22H26N6O2/c1-30-19-11-21-24-13-17(28(21)14-18(19)27-10-4-8-22(27)29)16-6-2-7-20(26-16)25-15-5-3-9-23-12-15/h2,6-7,11,13-15,23H,3-5,8-10,12H2,1H3,(H,25,26)/t15-/m1/s1. The molecule has 3 aromatic heterocycles. The molecular formula is C22H26N6O2. The summed E-state index contributed by atoms with van der Waals surface area (Å²) in [5.74, 6) is 1.64. The summed E-state index contributed by atoms with van der Waals surface area (Å²) in [5, 5.41) is 6.96. The molecule has 156 valence electrons. The van der Waals surface area contributed by atoms with Crippen molar-refractivity contribution in [2.45, 2.75) is 31.7 Å². The highest BCUT2D eigenvalue weighted by Gasteiger charge is 2.26. The van der Waals surface area contributed by atoms with Crippen LogP contribution in [-0.4, -0.2) is 53.1 Å². The first kappa shape index (κ1) is 18.9. The van der Waals surface area contributed by atoms with Gasteiger partial charge in [0.2, 0.25) is 5.91 Å². The smallest absolute Gasteiger partial charge is 0.227 e. The Bertz CT molecular complexity index is 1070. The molecule has 0 spiro atoms. The summed E-state index contributed by atoms with van der Waals surface area (Å²) in [4.78, 5) is 23.5. The van der Waals surface area contributed by atoms with E-state index in [0.717, 1.165) is 54.5 Å². The Labute approximate surface area is 175 Å². The lowest BCUT2D eigenvalue weighted by atomic mass is 10.1. The Hall–Kier alpha value is -3.13. The number of methoxy groups -OCH3 is 1. The van der Waals surface area contributed by atoms with Gasteiger partial charge in [-0.15, -0.1) is 0 Å². The molecule has 0 unspecified atom stereocenters. The SMILES string of the molecule is COc1cc2ncc(-c3cccc(N[C@@H]4CCCNC4)n3)n2cc1N1CCCC1=O. The van der Waals surface area contributed by atoms with Crippen LogP contribution in [0.2, 0.25) is 0 Å². The highest BCUT2D eigenvalue weighted by atomic mass is 16.5. The van der Waals surface area contributed by atoms with Crippen LogP contribution >= 0.6 is 0 Å². The van der Waals surface area contributed by atoms with E-state index in [1.807, 2.05) is 41.1 Å². The van der Waals surface area contributed by atoms with Crippen LogP contribution in [0.5, 0.6) is 5.75 Å². The summed E-state index contributed by atoms with van der Waals surface area (Å²) in [5.41, 5.74) is 3.24. The Morgan fingerprint density at radius 1 is 1.30 bits per heavy atom. The van der Waals surface area contributed by atoms with E-state index in [1.165, 1.54) is 6.42 Å². The molecule has 1 amide bonds. The lowest BCUT2D eigenvalue weighted by Gasteiger charge is -2.24. The number of piperidine rings is 1. The molecule has 2 saturated heterocycles. The summed E-state index contributed by atoms with van der Waals surface area (Å²) >= 11 is 0. The van der Waals surface area contributed by atoms with Crippen LogP contribution in [0, 0.1) is 0 Å². The molecular weight excluding hydrogens is 380 g/mol. The third-order valence-corrected chi connectivity index (χ3v) is 5.83. The highest BCUT2D eigenvalue weighted by molar-refractivity contribution is 5.97. The van der Waals surface area contributed by atoms with E-state index in [1.54, 1.807) is 12.0 Å². The number of anilines is 2. The van der Waals surface area contributed by atoms with E-state index in [-0.39, 0.29) is 5.91 Å². The van der Waals surface area contributed by atoms with E-state index >= 15 is 0 Å². The summed E-state index contributed by atoms with van der Waals surface area (Å²) in [6.45, 7) is 2.74. The van der Waals surface area contributed by atoms with Gasteiger partial charge in [0.25, 0.3) is 0 Å². The maximum atomic E-state index is 12.3. The number of carbonyl (C=O) groups excluding carboxylic acids is 1. The summed E-state index contributed by atoms with van der Waals surface area (Å²) in [7, 11) is 1.62. The number of fused-ring (bicyclic) bond motifs is 1. The minimum absolute atomic E-state index is 0.125. The topological polar surface area (TPSA) is 83.8 Å². The molecule has 0 radical (unpaired) electrons. The van der Waals surface area contributed by atoms with Gasteiger partial charge in [-0.25, -0.2) is 9.97 Å². The van der Waals surface area contributed by atoms with Crippen LogP contribution in [0.1, 0.15) is 25.7 Å². The van der Waals surface area contributed by atoms with E-state index < -0.39 is 0 Å². The first-order valence-corrected chi connectivity index (χ1v) is 10.5. The first-order chi connectivity index (χ1) is 14.7. The Morgan fingerprint density at radius 2 is 2.23 bits per heavy atom. The lowest BCUT2D eigenvalue weighted by Crippen LogP contribution is -2.38. The van der Waals surface area contributed by atoms with Gasteiger partial charge in [0.15, 0.2) is 0 Å². The Morgan fingerprint density at radius 3 is 3.00 bits per heavy atom. The molecule has 2 N–H and O–H groups in total. The van der Waals surface area contributed by atoms with Crippen LogP contribution in [0.3, 0.4) is 0 Å². The average molecular weight is 406 g/mol. The van der Waals surface area contributed by atoms with E-state index in [0.29, 0.717) is 24.8 Å². The quantitative estimate of drug-likeness (QED) is 0.678. The molecule has 5 rings (SSSR count). The van der Waals surface area contributed by atoms with Crippen molar-refractivity contribution in [2.24, 2.45) is 0 Å². The molecule has 0 aliphatic carbocycles. The third kappa shape index (κ3) is 3.47. The van der Waals surface area contributed by atoms with Crippen LogP contribution < -0.4 is 20.3 Å². The van der Waals surface area contributed by atoms with Gasteiger partial charge < -0.3 is 20.3 Å². The average Bonchev–Trinajstić information content (AvgIpc) is 3.39. The van der Waals surface area contributed by atoms with E-state index in [9.17, 15) is 4.79 Å². The van der Waals surface area contributed by atoms with Crippen molar-refractivity contribution in [1.29, 1.82) is 0 Å². The highest BCUT2D eigenvalue weighted by Crippen LogP contribution is 2.34. The number of rotatable bonds is 5. The van der Waals surface area contributed by atoms with Crippen molar-refractivity contribution in [1.82, 2.24) is 19.7 Å². The first-order valence-electron chi connectivity index (χ1n) is 10.5. The van der Waals surface area contributed by atoms with Gasteiger partial charge in [-0.1, -0.05) is 6.07 Å². The summed E-state index contributed by atoms with van der Waals surface area (Å²) in [6.07, 6.45) is 7.50. The predicted octanol–water partition coefficient (Wildman–Crippen LogP) is 2.70. The fourth-order valence-corrected chi connectivity index (χ4v) is 4.30. The van der Waals surface area contributed by atoms with Crippen molar-refractivity contribution in [3.63, 3.8) is 0 Å². The molecule has 8 nitrogen and oxygen atoms in total. The number of nitrogens with one attached hydrogen (secondary N) is 2. The number of hydrogen-bond acceptors (Lipinski definition) is 6. The predicted molar refractivity (Wildman–Crippen MR) is 116 cm³/mol. The van der Waals surface area contributed by atoms with Gasteiger partial charge in [-0.05, 0) is 37.9 Å². The van der Waals surface area contributed by atoms with Gasteiger partial charge in [0.05, 0.1) is 24.7 Å². The monoisotopic (exact) mass is 406 g/mol. The number of amides is 1. The van der Waals surface area contributed by atoms with Crippen molar-refractivity contribution in [3.8, 4) is 17.1 Å². The van der Waals surface area contributed by atoms with E-state index in [2.05, 4.69) is 15.6 Å². The number of nitrogens with zero attached hydrogens (tertiary/aromatic N) is 4. The van der Waals surface area contributed by atoms with Gasteiger partial charge in [-0.2, -0.15) is 0 Å². The number of imidazole rings is 1. The second kappa shape index (κ2) is 7.95. The zero-order chi connectivity index (χ0) is 20.5. The van der Waals surface area contributed by atoms with Gasteiger partial charge >= 0.3 is 0 Å². The third-order valence-electron chi connectivity index (χ3n) is 5.83. The second-order valence-corrected chi connectivity index (χ2v) is 7.84. The fourth-order valence-electron chi connectivity index (χ4n) is 4.30. The molecule has 1 atom stereocenters. The Balaban J connectivity index is 1.51. The molecule has 3 aromatic rings. The molecule has 30 heavy (non-hydrogen) atoms. The summed E-state index contributed by atoms with van der Waals surface area (Å²) in [6, 6.07) is 8.26. The normalized spacial score (nSPS) is 19.4. The molecule has 2 fully saturated rings. The molecule has 5 heterocycles. The van der Waals surface area contributed by atoms with Gasteiger partial charge in [-0.3, -0.25) is 9.20 Å². The van der Waals surface area contributed by atoms with Crippen LogP contribution in [0.4, 0.5) is 11.5 Å². The van der Waals surface area contributed by atoms with Gasteiger partial charge in [0, 0.05) is 37.8 Å². The molecule has 0 bridgehead atoms. The van der Waals surface area contributed by atoms with E-state index in [4.69, 9.17) is 9.72 Å². The van der Waals surface area contributed by atoms with Crippen molar-refractivity contribution in [3.05, 3.63) is 36.7 Å². The molecule has 2 aliphatic heterocycles. The maximum absolute atomic E-state index is 12.3. The largest absolute Gasteiger partial charge is 0.494 e. The number of hydrogen-bond donors (Lipinski definition) is 2. The van der Waals surface area contributed by atoms with Crippen molar-refractivity contribution in [2.75, 3.05) is 37.0 Å². The molecule has 2 aliphatic rings. The Kier molecular flexibility index (Phi) is 5.00. The van der Waals surface area contributed by atoms with Gasteiger partial charge in [0.1, 0.15) is 22.9 Å².